The molecule has 0 bridgehead atoms. The van der Waals surface area contributed by atoms with Crippen LogP contribution in [0.2, 0.25) is 0 Å². The Kier molecular flexibility index (Phi) is 6.34. The van der Waals surface area contributed by atoms with Gasteiger partial charge in [-0.1, -0.05) is 26.0 Å². The minimum absolute atomic E-state index is 0.273. The molecule has 0 atom stereocenters. The molecule has 0 amide bonds. The average molecular weight is 314 g/mol. The van der Waals surface area contributed by atoms with Gasteiger partial charge in [-0.2, -0.15) is 0 Å². The highest BCUT2D eigenvalue weighted by Gasteiger charge is 2.26. The molecular formula is C15H26N2O3S. The van der Waals surface area contributed by atoms with Gasteiger partial charge in [0.2, 0.25) is 10.0 Å². The molecule has 1 aromatic carbocycles. The molecule has 0 aromatic heterocycles. The maximum atomic E-state index is 12.4. The monoisotopic (exact) mass is 314 g/mol. The summed E-state index contributed by atoms with van der Waals surface area (Å²) in [5, 5.41) is 3.27. The Labute approximate surface area is 128 Å². The Bertz CT molecular complexity index is 554. The van der Waals surface area contributed by atoms with Crippen molar-refractivity contribution in [2.75, 3.05) is 13.7 Å². The van der Waals surface area contributed by atoms with Crippen molar-refractivity contribution in [1.82, 2.24) is 10.0 Å². The number of rotatable bonds is 8. The zero-order chi connectivity index (χ0) is 16.1. The van der Waals surface area contributed by atoms with E-state index in [1.807, 2.05) is 6.07 Å². The third-order valence-electron chi connectivity index (χ3n) is 2.84. The second kappa shape index (κ2) is 7.35. The van der Waals surface area contributed by atoms with Crippen LogP contribution in [0.15, 0.2) is 29.2 Å². The number of methoxy groups -OCH3 is 1. The van der Waals surface area contributed by atoms with Crippen molar-refractivity contribution in [1.29, 1.82) is 0 Å². The molecule has 0 aliphatic rings. The summed E-state index contributed by atoms with van der Waals surface area (Å²) in [4.78, 5) is 0.273. The summed E-state index contributed by atoms with van der Waals surface area (Å²) in [5.74, 6) is 0. The van der Waals surface area contributed by atoms with Gasteiger partial charge < -0.3 is 10.1 Å². The van der Waals surface area contributed by atoms with Crippen molar-refractivity contribution >= 4 is 10.0 Å². The quantitative estimate of drug-likeness (QED) is 0.769. The van der Waals surface area contributed by atoms with Crippen molar-refractivity contribution in [3.8, 4) is 0 Å². The van der Waals surface area contributed by atoms with Crippen LogP contribution in [-0.4, -0.2) is 33.7 Å². The van der Waals surface area contributed by atoms with Crippen LogP contribution >= 0.6 is 0 Å². The van der Waals surface area contributed by atoms with E-state index in [1.165, 1.54) is 0 Å². The van der Waals surface area contributed by atoms with E-state index in [0.717, 1.165) is 5.56 Å². The highest BCUT2D eigenvalue weighted by atomic mass is 32.2. The molecule has 0 saturated carbocycles. The molecule has 0 radical (unpaired) electrons. The van der Waals surface area contributed by atoms with Crippen LogP contribution < -0.4 is 10.0 Å². The normalized spacial score (nSPS) is 12.9. The van der Waals surface area contributed by atoms with E-state index in [4.69, 9.17) is 4.74 Å². The highest BCUT2D eigenvalue weighted by molar-refractivity contribution is 7.89. The van der Waals surface area contributed by atoms with E-state index in [9.17, 15) is 8.42 Å². The van der Waals surface area contributed by atoms with E-state index in [1.54, 1.807) is 39.2 Å². The molecule has 0 fully saturated rings. The average Bonchev–Trinajstić information content (AvgIpc) is 2.35. The van der Waals surface area contributed by atoms with Crippen LogP contribution in [0.1, 0.15) is 33.3 Å². The van der Waals surface area contributed by atoms with Gasteiger partial charge in [0.1, 0.15) is 0 Å². The van der Waals surface area contributed by atoms with Crippen molar-refractivity contribution in [3.63, 3.8) is 0 Å². The first-order chi connectivity index (χ1) is 9.66. The van der Waals surface area contributed by atoms with Crippen LogP contribution in [0.3, 0.4) is 0 Å². The van der Waals surface area contributed by atoms with Crippen LogP contribution in [0.25, 0.3) is 0 Å². The SMILES string of the molecule is COCC(C)(C)NS(=O)(=O)c1cccc(CNC(C)C)c1. The smallest absolute Gasteiger partial charge is 0.241 e. The Morgan fingerprint density at radius 1 is 1.29 bits per heavy atom. The number of ether oxygens (including phenoxy) is 1. The summed E-state index contributed by atoms with van der Waals surface area (Å²) >= 11 is 0. The molecule has 0 saturated heterocycles. The van der Waals surface area contributed by atoms with Gasteiger partial charge in [0.15, 0.2) is 0 Å². The van der Waals surface area contributed by atoms with Crippen LogP contribution in [-0.2, 0) is 21.3 Å². The van der Waals surface area contributed by atoms with Gasteiger partial charge in [-0.3, -0.25) is 0 Å². The number of nitrogens with one attached hydrogen (secondary N) is 2. The number of benzene rings is 1. The van der Waals surface area contributed by atoms with Crippen LogP contribution in [0, 0.1) is 0 Å². The van der Waals surface area contributed by atoms with Gasteiger partial charge in [-0.05, 0) is 31.5 Å². The fourth-order valence-corrected chi connectivity index (χ4v) is 3.43. The van der Waals surface area contributed by atoms with Crippen molar-refractivity contribution in [2.45, 2.75) is 50.7 Å². The van der Waals surface area contributed by atoms with Gasteiger partial charge >= 0.3 is 0 Å². The van der Waals surface area contributed by atoms with Gasteiger partial charge in [0.25, 0.3) is 0 Å². The minimum Gasteiger partial charge on any atom is -0.383 e. The summed E-state index contributed by atoms with van der Waals surface area (Å²) in [6.07, 6.45) is 0. The van der Waals surface area contributed by atoms with Crippen molar-refractivity contribution in [2.24, 2.45) is 0 Å². The summed E-state index contributed by atoms with van der Waals surface area (Å²) < 4.78 is 32.6. The summed E-state index contributed by atoms with van der Waals surface area (Å²) in [7, 11) is -2.01. The molecule has 1 rings (SSSR count). The van der Waals surface area contributed by atoms with E-state index in [0.29, 0.717) is 19.2 Å². The zero-order valence-electron chi connectivity index (χ0n) is 13.4. The van der Waals surface area contributed by atoms with Gasteiger partial charge in [-0.25, -0.2) is 13.1 Å². The van der Waals surface area contributed by atoms with Crippen molar-refractivity contribution in [3.05, 3.63) is 29.8 Å². The zero-order valence-corrected chi connectivity index (χ0v) is 14.3. The minimum atomic E-state index is -3.56. The topological polar surface area (TPSA) is 67.4 Å². The number of hydrogen-bond donors (Lipinski definition) is 2. The van der Waals surface area contributed by atoms with Gasteiger partial charge in [0, 0.05) is 19.7 Å². The Hall–Kier alpha value is -0.950. The third kappa shape index (κ3) is 6.13. The molecule has 1 aromatic rings. The lowest BCUT2D eigenvalue weighted by Crippen LogP contribution is -2.46. The lowest BCUT2D eigenvalue weighted by atomic mass is 10.1. The van der Waals surface area contributed by atoms with E-state index >= 15 is 0 Å². The molecule has 0 unspecified atom stereocenters. The molecule has 0 heterocycles. The Morgan fingerprint density at radius 2 is 1.95 bits per heavy atom. The molecule has 0 aliphatic heterocycles. The fraction of sp³-hybridized carbons (Fsp3) is 0.600. The van der Waals surface area contributed by atoms with Crippen LogP contribution in [0.5, 0.6) is 0 Å². The first kappa shape index (κ1) is 18.1. The predicted octanol–water partition coefficient (Wildman–Crippen LogP) is 1.89. The molecule has 0 spiro atoms. The molecule has 6 heteroatoms. The van der Waals surface area contributed by atoms with E-state index in [2.05, 4.69) is 23.9 Å². The highest BCUT2D eigenvalue weighted by Crippen LogP contribution is 2.15. The standard InChI is InChI=1S/C15H26N2O3S/c1-12(2)16-10-13-7-6-8-14(9-13)21(18,19)17-15(3,4)11-20-5/h6-9,12,16-17H,10-11H2,1-5H3. The lowest BCUT2D eigenvalue weighted by molar-refractivity contribution is 0.141. The van der Waals surface area contributed by atoms with Crippen LogP contribution in [0.4, 0.5) is 0 Å². The second-order valence-corrected chi connectivity index (χ2v) is 7.79. The molecule has 21 heavy (non-hydrogen) atoms. The van der Waals surface area contributed by atoms with E-state index in [-0.39, 0.29) is 4.90 Å². The second-order valence-electron chi connectivity index (χ2n) is 6.11. The maximum Gasteiger partial charge on any atom is 0.241 e. The fourth-order valence-electron chi connectivity index (χ4n) is 1.96. The summed E-state index contributed by atoms with van der Waals surface area (Å²) in [6, 6.07) is 7.32. The molecular weight excluding hydrogens is 288 g/mol. The maximum absolute atomic E-state index is 12.4. The number of sulfonamides is 1. The Balaban J connectivity index is 2.91. The van der Waals surface area contributed by atoms with E-state index < -0.39 is 15.6 Å². The molecule has 5 nitrogen and oxygen atoms in total. The molecule has 120 valence electrons. The lowest BCUT2D eigenvalue weighted by Gasteiger charge is -2.25. The van der Waals surface area contributed by atoms with Gasteiger partial charge in [-0.15, -0.1) is 0 Å². The number of hydrogen-bond acceptors (Lipinski definition) is 4. The molecule has 2 N–H and O–H groups in total. The first-order valence-electron chi connectivity index (χ1n) is 7.01. The summed E-state index contributed by atoms with van der Waals surface area (Å²) in [5.41, 5.74) is 0.288. The van der Waals surface area contributed by atoms with Gasteiger partial charge in [0.05, 0.1) is 17.0 Å². The first-order valence-corrected chi connectivity index (χ1v) is 8.50. The third-order valence-corrected chi connectivity index (χ3v) is 4.53. The summed E-state index contributed by atoms with van der Waals surface area (Å²) in [6.45, 7) is 8.63. The van der Waals surface area contributed by atoms with Crippen molar-refractivity contribution < 1.29 is 13.2 Å². The molecule has 0 aliphatic carbocycles. The predicted molar refractivity (Wildman–Crippen MR) is 84.7 cm³/mol. The largest absolute Gasteiger partial charge is 0.383 e. The Morgan fingerprint density at radius 3 is 2.52 bits per heavy atom.